The monoisotopic (exact) mass is 305 g/mol. The van der Waals surface area contributed by atoms with E-state index >= 15 is 0 Å². The smallest absolute Gasteiger partial charge is 0.0885 e. The predicted molar refractivity (Wildman–Crippen MR) is 100 cm³/mol. The summed E-state index contributed by atoms with van der Waals surface area (Å²) in [6, 6.07) is 18.9. The highest BCUT2D eigenvalue weighted by Gasteiger charge is 2.32. The maximum absolute atomic E-state index is 7.03. The molecular formula is C22H27N. The molecule has 0 aliphatic rings. The van der Waals surface area contributed by atoms with Gasteiger partial charge in [-0.25, -0.2) is 0 Å². The Kier molecular flexibility index (Phi) is 5.95. The molecule has 0 bridgehead atoms. The van der Waals surface area contributed by atoms with Gasteiger partial charge in [0.2, 0.25) is 0 Å². The van der Waals surface area contributed by atoms with Crippen LogP contribution in [0.5, 0.6) is 0 Å². The first-order valence-corrected chi connectivity index (χ1v) is 8.40. The van der Waals surface area contributed by atoms with Crippen LogP contribution in [0.25, 0.3) is 0 Å². The number of allylic oxidation sites excluding steroid dienone is 3. The van der Waals surface area contributed by atoms with Crippen LogP contribution in [-0.2, 0) is 5.54 Å². The summed E-state index contributed by atoms with van der Waals surface area (Å²) in [6.07, 6.45) is 8.40. The van der Waals surface area contributed by atoms with Crippen molar-refractivity contribution in [3.63, 3.8) is 0 Å². The molecule has 0 spiro atoms. The molecule has 1 nitrogen and oxygen atoms in total. The zero-order valence-corrected chi connectivity index (χ0v) is 14.4. The van der Waals surface area contributed by atoms with Crippen LogP contribution in [0.1, 0.15) is 43.4 Å². The van der Waals surface area contributed by atoms with E-state index in [1.165, 1.54) is 11.1 Å². The molecule has 2 aromatic rings. The van der Waals surface area contributed by atoms with E-state index in [0.717, 1.165) is 24.0 Å². The molecule has 1 unspecified atom stereocenters. The highest BCUT2D eigenvalue weighted by Crippen LogP contribution is 2.36. The minimum atomic E-state index is -0.595. The summed E-state index contributed by atoms with van der Waals surface area (Å²) in [5, 5.41) is 0. The third kappa shape index (κ3) is 3.80. The second kappa shape index (κ2) is 7.94. The molecule has 1 heteroatoms. The van der Waals surface area contributed by atoms with E-state index in [1.807, 2.05) is 6.07 Å². The maximum atomic E-state index is 7.03. The molecular weight excluding hydrogens is 278 g/mol. The van der Waals surface area contributed by atoms with Crippen LogP contribution in [-0.4, -0.2) is 0 Å². The molecule has 2 rings (SSSR count). The van der Waals surface area contributed by atoms with Gasteiger partial charge in [-0.15, -0.1) is 0 Å². The van der Waals surface area contributed by atoms with Gasteiger partial charge in [0.25, 0.3) is 0 Å². The fourth-order valence-electron chi connectivity index (χ4n) is 2.90. The summed E-state index contributed by atoms with van der Waals surface area (Å²) in [7, 11) is 0. The number of rotatable bonds is 6. The third-order valence-corrected chi connectivity index (χ3v) is 4.29. The first-order valence-electron chi connectivity index (χ1n) is 8.40. The summed E-state index contributed by atoms with van der Waals surface area (Å²) in [5.41, 5.74) is 11.2. The van der Waals surface area contributed by atoms with Crippen molar-refractivity contribution in [2.24, 2.45) is 5.73 Å². The van der Waals surface area contributed by atoms with Gasteiger partial charge in [-0.3, -0.25) is 0 Å². The van der Waals surface area contributed by atoms with Crippen LogP contribution >= 0.6 is 0 Å². The lowest BCUT2D eigenvalue weighted by Gasteiger charge is -2.33. The fraction of sp³-hybridized carbons (Fsp3) is 0.273. The lowest BCUT2D eigenvalue weighted by Crippen LogP contribution is -2.40. The van der Waals surface area contributed by atoms with Gasteiger partial charge in [-0.2, -0.15) is 0 Å². The predicted octanol–water partition coefficient (Wildman–Crippen LogP) is 5.50. The molecule has 0 aliphatic carbocycles. The van der Waals surface area contributed by atoms with Crippen molar-refractivity contribution in [3.8, 4) is 0 Å². The van der Waals surface area contributed by atoms with Crippen molar-refractivity contribution in [1.82, 2.24) is 0 Å². The highest BCUT2D eigenvalue weighted by atomic mass is 14.8. The van der Waals surface area contributed by atoms with Crippen molar-refractivity contribution < 1.29 is 0 Å². The minimum Gasteiger partial charge on any atom is -0.314 e. The Morgan fingerprint density at radius 1 is 0.957 bits per heavy atom. The van der Waals surface area contributed by atoms with Crippen LogP contribution < -0.4 is 5.73 Å². The Balaban J connectivity index is 2.61. The van der Waals surface area contributed by atoms with E-state index in [2.05, 4.69) is 87.5 Å². The van der Waals surface area contributed by atoms with Gasteiger partial charge in [-0.05, 0) is 36.5 Å². The largest absolute Gasteiger partial charge is 0.314 e. The molecule has 0 amide bonds. The molecule has 2 N–H and O–H groups in total. The van der Waals surface area contributed by atoms with Crippen LogP contribution in [0.4, 0.5) is 0 Å². The average molecular weight is 305 g/mol. The Labute approximate surface area is 140 Å². The van der Waals surface area contributed by atoms with E-state index in [9.17, 15) is 0 Å². The fourth-order valence-corrected chi connectivity index (χ4v) is 2.90. The first-order chi connectivity index (χ1) is 11.1. The molecule has 23 heavy (non-hydrogen) atoms. The van der Waals surface area contributed by atoms with Gasteiger partial charge in [0.05, 0.1) is 5.54 Å². The number of hydrogen-bond acceptors (Lipinski definition) is 1. The lowest BCUT2D eigenvalue weighted by atomic mass is 9.76. The lowest BCUT2D eigenvalue weighted by molar-refractivity contribution is 0.613. The molecule has 2 aromatic carbocycles. The van der Waals surface area contributed by atoms with Crippen LogP contribution in [0.15, 0.2) is 78.4 Å². The zero-order valence-electron chi connectivity index (χ0n) is 14.4. The van der Waals surface area contributed by atoms with Gasteiger partial charge >= 0.3 is 0 Å². The van der Waals surface area contributed by atoms with Crippen molar-refractivity contribution in [3.05, 3.63) is 95.1 Å². The van der Waals surface area contributed by atoms with E-state index in [-0.39, 0.29) is 0 Å². The molecule has 0 saturated carbocycles. The Bertz CT molecular complexity index is 665. The van der Waals surface area contributed by atoms with Crippen LogP contribution in [0.3, 0.4) is 0 Å². The molecule has 0 heterocycles. The Morgan fingerprint density at radius 2 is 1.57 bits per heavy atom. The number of benzene rings is 2. The topological polar surface area (TPSA) is 26.0 Å². The van der Waals surface area contributed by atoms with Gasteiger partial charge in [-0.1, -0.05) is 92.2 Å². The zero-order chi connectivity index (χ0) is 16.7. The summed E-state index contributed by atoms with van der Waals surface area (Å²) >= 11 is 0. The van der Waals surface area contributed by atoms with Gasteiger partial charge in [0.15, 0.2) is 0 Å². The summed E-state index contributed by atoms with van der Waals surface area (Å²) in [6.45, 7) is 6.41. The summed E-state index contributed by atoms with van der Waals surface area (Å²) in [5.74, 6) is 0. The number of hydrogen-bond donors (Lipinski definition) is 1. The summed E-state index contributed by atoms with van der Waals surface area (Å²) < 4.78 is 0. The standard InChI is InChI=1S/C22H27N/c1-4-6-8-11-19(5-2)22(23,20-12-9-7-10-13-20)21-16-14-18(3)15-17-21/h6-17H,4-5,23H2,1-3H3/b8-6-,19-11+. The molecule has 120 valence electrons. The molecule has 0 aliphatic heterocycles. The average Bonchev–Trinajstić information content (AvgIpc) is 2.59. The minimum absolute atomic E-state index is 0.595. The van der Waals surface area contributed by atoms with E-state index in [0.29, 0.717) is 0 Å². The van der Waals surface area contributed by atoms with Crippen molar-refractivity contribution in [2.75, 3.05) is 0 Å². The number of nitrogens with two attached hydrogens (primary N) is 1. The maximum Gasteiger partial charge on any atom is 0.0885 e. The van der Waals surface area contributed by atoms with E-state index in [1.54, 1.807) is 0 Å². The van der Waals surface area contributed by atoms with Crippen molar-refractivity contribution >= 4 is 0 Å². The van der Waals surface area contributed by atoms with Gasteiger partial charge in [0, 0.05) is 0 Å². The van der Waals surface area contributed by atoms with Crippen LogP contribution in [0.2, 0.25) is 0 Å². The first kappa shape index (κ1) is 17.2. The van der Waals surface area contributed by atoms with E-state index < -0.39 is 5.54 Å². The SMILES string of the molecule is CC/C=C\C=C(/CC)C(N)(c1ccccc1)c1ccc(C)cc1. The van der Waals surface area contributed by atoms with E-state index in [4.69, 9.17) is 5.73 Å². The molecule has 0 fully saturated rings. The molecule has 0 aromatic heterocycles. The molecule has 1 atom stereocenters. The van der Waals surface area contributed by atoms with Gasteiger partial charge in [0.1, 0.15) is 0 Å². The normalized spacial score (nSPS) is 14.9. The van der Waals surface area contributed by atoms with Gasteiger partial charge < -0.3 is 5.73 Å². The quantitative estimate of drug-likeness (QED) is 0.701. The Hall–Kier alpha value is -2.12. The van der Waals surface area contributed by atoms with Crippen molar-refractivity contribution in [1.29, 1.82) is 0 Å². The van der Waals surface area contributed by atoms with Crippen LogP contribution in [0, 0.1) is 6.92 Å². The number of aryl methyl sites for hydroxylation is 1. The second-order valence-electron chi connectivity index (χ2n) is 5.92. The highest BCUT2D eigenvalue weighted by molar-refractivity contribution is 5.48. The second-order valence-corrected chi connectivity index (χ2v) is 5.92. The Morgan fingerprint density at radius 3 is 2.13 bits per heavy atom. The summed E-state index contributed by atoms with van der Waals surface area (Å²) in [4.78, 5) is 0. The molecule has 0 saturated heterocycles. The molecule has 0 radical (unpaired) electrons. The third-order valence-electron chi connectivity index (χ3n) is 4.29. The van der Waals surface area contributed by atoms with Crippen molar-refractivity contribution in [2.45, 2.75) is 39.2 Å².